The second-order valence-electron chi connectivity index (χ2n) is 4.38. The first kappa shape index (κ1) is 15.0. The molecule has 0 amide bonds. The predicted molar refractivity (Wildman–Crippen MR) is 80.1 cm³/mol. The van der Waals surface area contributed by atoms with Crippen LogP contribution < -0.4 is 5.73 Å². The van der Waals surface area contributed by atoms with Crippen molar-refractivity contribution in [2.75, 3.05) is 5.73 Å². The third-order valence-electron chi connectivity index (χ3n) is 2.76. The number of benzene rings is 2. The highest BCUT2D eigenvalue weighted by atomic mass is 33.1. The van der Waals surface area contributed by atoms with Crippen molar-refractivity contribution < 1.29 is 13.9 Å². The van der Waals surface area contributed by atoms with Crippen molar-refractivity contribution in [1.82, 2.24) is 0 Å². The second-order valence-corrected chi connectivity index (χ2v) is 6.59. The van der Waals surface area contributed by atoms with Crippen LogP contribution in [0.2, 0.25) is 0 Å². The molecule has 0 spiro atoms. The number of rotatable bonds is 3. The topological polar surface area (TPSA) is 46.2 Å². The van der Waals surface area contributed by atoms with Crippen molar-refractivity contribution in [2.24, 2.45) is 0 Å². The summed E-state index contributed by atoms with van der Waals surface area (Å²) >= 11 is 0. The maximum atomic E-state index is 13.3. The third kappa shape index (κ3) is 3.19. The van der Waals surface area contributed by atoms with Crippen molar-refractivity contribution in [2.45, 2.75) is 23.6 Å². The smallest absolute Gasteiger partial charge is 0.165 e. The Morgan fingerprint density at radius 2 is 1.40 bits per heavy atom. The molecule has 0 bridgehead atoms. The number of aromatic hydroxyl groups is 1. The number of hydrogen-bond acceptors (Lipinski definition) is 4. The maximum absolute atomic E-state index is 13.3. The summed E-state index contributed by atoms with van der Waals surface area (Å²) in [6.45, 7) is 3.55. The van der Waals surface area contributed by atoms with E-state index in [0.29, 0.717) is 0 Å². The minimum atomic E-state index is -0.640. The molecule has 0 aromatic heterocycles. The first-order valence-corrected chi connectivity index (χ1v) is 7.92. The molecule has 2 rings (SSSR count). The van der Waals surface area contributed by atoms with Gasteiger partial charge in [-0.3, -0.25) is 0 Å². The van der Waals surface area contributed by atoms with Crippen LogP contribution in [0, 0.1) is 25.5 Å². The third-order valence-corrected chi connectivity index (χ3v) is 5.41. The molecule has 0 radical (unpaired) electrons. The SMILES string of the molecule is Cc1cc(F)c(N)cc1SSc1cc(O)c(F)cc1C. The van der Waals surface area contributed by atoms with Crippen LogP contribution in [0.15, 0.2) is 34.1 Å². The van der Waals surface area contributed by atoms with Gasteiger partial charge in [-0.1, -0.05) is 21.6 Å². The van der Waals surface area contributed by atoms with Crippen molar-refractivity contribution in [3.05, 3.63) is 47.0 Å². The molecule has 0 saturated heterocycles. The zero-order valence-corrected chi connectivity index (χ0v) is 12.5. The molecular formula is C14H13F2NOS2. The summed E-state index contributed by atoms with van der Waals surface area (Å²) < 4.78 is 26.4. The van der Waals surface area contributed by atoms with Gasteiger partial charge in [-0.2, -0.15) is 0 Å². The van der Waals surface area contributed by atoms with E-state index in [1.807, 2.05) is 0 Å². The van der Waals surface area contributed by atoms with E-state index in [0.717, 1.165) is 20.9 Å². The largest absolute Gasteiger partial charge is 0.505 e. The number of nitrogens with two attached hydrogens (primary N) is 1. The summed E-state index contributed by atoms with van der Waals surface area (Å²) in [7, 11) is 2.75. The molecule has 106 valence electrons. The summed E-state index contributed by atoms with van der Waals surface area (Å²) in [5, 5.41) is 9.39. The van der Waals surface area contributed by atoms with Gasteiger partial charge in [0, 0.05) is 9.79 Å². The van der Waals surface area contributed by atoms with Crippen LogP contribution in [0.4, 0.5) is 14.5 Å². The Labute approximate surface area is 123 Å². The molecule has 6 heteroatoms. The number of aryl methyl sites for hydroxylation is 2. The zero-order chi connectivity index (χ0) is 14.9. The summed E-state index contributed by atoms with van der Waals surface area (Å²) in [6.07, 6.45) is 0. The van der Waals surface area contributed by atoms with Gasteiger partial charge in [-0.15, -0.1) is 0 Å². The van der Waals surface area contributed by atoms with Crippen LogP contribution in [-0.2, 0) is 0 Å². The monoisotopic (exact) mass is 313 g/mol. The molecule has 0 heterocycles. The molecule has 0 atom stereocenters. The number of hydrogen-bond donors (Lipinski definition) is 2. The lowest BCUT2D eigenvalue weighted by molar-refractivity contribution is 0.430. The quantitative estimate of drug-likeness (QED) is 0.638. The van der Waals surface area contributed by atoms with Crippen LogP contribution in [0.3, 0.4) is 0 Å². The Bertz CT molecular complexity index is 605. The molecule has 2 aromatic rings. The molecule has 0 fully saturated rings. The first-order valence-electron chi connectivity index (χ1n) is 5.77. The number of halogens is 2. The number of phenols is 1. The Balaban J connectivity index is 2.21. The van der Waals surface area contributed by atoms with Gasteiger partial charge in [0.15, 0.2) is 11.6 Å². The van der Waals surface area contributed by atoms with E-state index < -0.39 is 11.6 Å². The fraction of sp³-hybridized carbons (Fsp3) is 0.143. The van der Waals surface area contributed by atoms with Crippen LogP contribution >= 0.6 is 21.6 Å². The molecule has 0 aliphatic heterocycles. The van der Waals surface area contributed by atoms with E-state index in [4.69, 9.17) is 5.73 Å². The molecule has 2 aromatic carbocycles. The summed E-state index contributed by atoms with van der Waals surface area (Å²) in [6, 6.07) is 5.61. The zero-order valence-electron chi connectivity index (χ0n) is 10.9. The molecule has 2 nitrogen and oxygen atoms in total. The highest BCUT2D eigenvalue weighted by Crippen LogP contribution is 2.42. The summed E-state index contributed by atoms with van der Waals surface area (Å²) in [5.41, 5.74) is 7.14. The molecular weight excluding hydrogens is 300 g/mol. The van der Waals surface area contributed by atoms with Gasteiger partial charge in [0.1, 0.15) is 5.82 Å². The summed E-state index contributed by atoms with van der Waals surface area (Å²) in [5.74, 6) is -1.46. The summed E-state index contributed by atoms with van der Waals surface area (Å²) in [4.78, 5) is 1.58. The minimum absolute atomic E-state index is 0.0948. The van der Waals surface area contributed by atoms with Crippen LogP contribution in [-0.4, -0.2) is 5.11 Å². The van der Waals surface area contributed by atoms with Crippen LogP contribution in [0.25, 0.3) is 0 Å². The van der Waals surface area contributed by atoms with Crippen molar-refractivity contribution in [1.29, 1.82) is 0 Å². The molecule has 20 heavy (non-hydrogen) atoms. The lowest BCUT2D eigenvalue weighted by atomic mass is 10.2. The lowest BCUT2D eigenvalue weighted by Crippen LogP contribution is -1.92. The van der Waals surface area contributed by atoms with E-state index in [1.54, 1.807) is 19.9 Å². The van der Waals surface area contributed by atoms with Gasteiger partial charge < -0.3 is 10.8 Å². The Hall–Kier alpha value is -1.40. The standard InChI is InChI=1S/C14H13F2NOS2/c1-7-3-9(15)11(17)5-13(7)19-20-14-6-12(18)10(16)4-8(14)2/h3-6,18H,17H2,1-2H3. The Morgan fingerprint density at radius 3 is 2.00 bits per heavy atom. The molecule has 0 saturated carbocycles. The fourth-order valence-corrected chi connectivity index (χ4v) is 4.09. The van der Waals surface area contributed by atoms with Gasteiger partial charge in [-0.25, -0.2) is 8.78 Å². The number of anilines is 1. The molecule has 0 aliphatic carbocycles. The Morgan fingerprint density at radius 1 is 0.900 bits per heavy atom. The second kappa shape index (κ2) is 5.93. The fourth-order valence-electron chi connectivity index (χ4n) is 1.58. The van der Waals surface area contributed by atoms with E-state index in [2.05, 4.69) is 0 Å². The predicted octanol–water partition coefficient (Wildman–Crippen LogP) is 4.67. The van der Waals surface area contributed by atoms with E-state index in [-0.39, 0.29) is 11.4 Å². The van der Waals surface area contributed by atoms with E-state index in [9.17, 15) is 13.9 Å². The average Bonchev–Trinajstić information content (AvgIpc) is 2.37. The Kier molecular flexibility index (Phi) is 4.45. The number of phenolic OH excluding ortho intramolecular Hbond substituents is 1. The highest BCUT2D eigenvalue weighted by Gasteiger charge is 2.10. The van der Waals surface area contributed by atoms with Crippen molar-refractivity contribution in [3.8, 4) is 5.75 Å². The lowest BCUT2D eigenvalue weighted by Gasteiger charge is -2.09. The highest BCUT2D eigenvalue weighted by molar-refractivity contribution is 8.76. The molecule has 0 unspecified atom stereocenters. The molecule has 0 aliphatic rings. The van der Waals surface area contributed by atoms with E-state index >= 15 is 0 Å². The molecule has 3 N–H and O–H groups in total. The van der Waals surface area contributed by atoms with Gasteiger partial charge in [0.2, 0.25) is 0 Å². The minimum Gasteiger partial charge on any atom is -0.505 e. The number of nitrogen functional groups attached to an aromatic ring is 1. The van der Waals surface area contributed by atoms with Crippen LogP contribution in [0.1, 0.15) is 11.1 Å². The average molecular weight is 313 g/mol. The van der Waals surface area contributed by atoms with Crippen molar-refractivity contribution in [3.63, 3.8) is 0 Å². The van der Waals surface area contributed by atoms with Gasteiger partial charge in [-0.05, 0) is 49.2 Å². The van der Waals surface area contributed by atoms with Gasteiger partial charge >= 0.3 is 0 Å². The van der Waals surface area contributed by atoms with E-state index in [1.165, 1.54) is 39.8 Å². The normalized spacial score (nSPS) is 10.8. The van der Waals surface area contributed by atoms with Crippen molar-refractivity contribution >= 4 is 27.3 Å². The maximum Gasteiger partial charge on any atom is 0.165 e. The van der Waals surface area contributed by atoms with Gasteiger partial charge in [0.05, 0.1) is 5.69 Å². The van der Waals surface area contributed by atoms with Crippen LogP contribution in [0.5, 0.6) is 5.75 Å². The van der Waals surface area contributed by atoms with Gasteiger partial charge in [0.25, 0.3) is 0 Å². The first-order chi connectivity index (χ1) is 9.38.